The van der Waals surface area contributed by atoms with E-state index in [2.05, 4.69) is 20.2 Å². The van der Waals surface area contributed by atoms with E-state index in [0.29, 0.717) is 25.9 Å². The first-order valence-electron chi connectivity index (χ1n) is 10.7. The summed E-state index contributed by atoms with van der Waals surface area (Å²) in [5.74, 6) is 2.23. The molecule has 1 aliphatic heterocycles. The van der Waals surface area contributed by atoms with Gasteiger partial charge < -0.3 is 19.7 Å². The Kier molecular flexibility index (Phi) is 8.44. The van der Waals surface area contributed by atoms with Crippen LogP contribution in [0, 0.1) is 0 Å². The van der Waals surface area contributed by atoms with Crippen LogP contribution in [0.25, 0.3) is 0 Å². The van der Waals surface area contributed by atoms with Crippen LogP contribution in [0.5, 0.6) is 11.5 Å². The zero-order chi connectivity index (χ0) is 21.2. The van der Waals surface area contributed by atoms with Crippen LogP contribution in [0.2, 0.25) is 0 Å². The number of carbonyl (C=O) groups excluding carboxylic acids is 1. The molecule has 7 heteroatoms. The number of ether oxygens (including phenoxy) is 2. The van der Waals surface area contributed by atoms with Gasteiger partial charge in [0.05, 0.1) is 13.7 Å². The summed E-state index contributed by atoms with van der Waals surface area (Å²) in [6.07, 6.45) is 7.00. The van der Waals surface area contributed by atoms with Gasteiger partial charge in [0, 0.05) is 38.3 Å². The molecule has 1 aliphatic rings. The molecule has 1 N–H and O–H groups in total. The monoisotopic (exact) mass is 412 g/mol. The summed E-state index contributed by atoms with van der Waals surface area (Å²) >= 11 is 0. The van der Waals surface area contributed by atoms with E-state index >= 15 is 0 Å². The largest absolute Gasteiger partial charge is 0.493 e. The normalized spacial score (nSPS) is 13.9. The van der Waals surface area contributed by atoms with Crippen LogP contribution in [0.4, 0.5) is 0 Å². The molecule has 30 heavy (non-hydrogen) atoms. The van der Waals surface area contributed by atoms with Gasteiger partial charge in [0.15, 0.2) is 11.5 Å². The highest BCUT2D eigenvalue weighted by molar-refractivity contribution is 5.75. The fourth-order valence-electron chi connectivity index (χ4n) is 3.64. The summed E-state index contributed by atoms with van der Waals surface area (Å²) in [5.41, 5.74) is 1.93. The van der Waals surface area contributed by atoms with Crippen molar-refractivity contribution in [2.75, 3.05) is 40.4 Å². The average molecular weight is 413 g/mol. The fourth-order valence-corrected chi connectivity index (χ4v) is 3.64. The zero-order valence-corrected chi connectivity index (χ0v) is 18.0. The molecule has 3 rings (SSSR count). The van der Waals surface area contributed by atoms with Gasteiger partial charge in [-0.3, -0.25) is 4.79 Å². The minimum Gasteiger partial charge on any atom is -0.493 e. The number of benzene rings is 1. The van der Waals surface area contributed by atoms with Crippen molar-refractivity contribution in [3.8, 4) is 11.5 Å². The molecular formula is C23H32N4O3. The predicted molar refractivity (Wildman–Crippen MR) is 116 cm³/mol. The highest BCUT2D eigenvalue weighted by Crippen LogP contribution is 2.29. The van der Waals surface area contributed by atoms with E-state index in [1.54, 1.807) is 20.4 Å². The maximum atomic E-state index is 11.5. The second-order valence-electron chi connectivity index (χ2n) is 7.55. The maximum absolute atomic E-state index is 11.5. The van der Waals surface area contributed by atoms with Crippen LogP contribution in [0.3, 0.4) is 0 Å². The number of aromatic nitrogens is 2. The lowest BCUT2D eigenvalue weighted by molar-refractivity contribution is -0.120. The molecule has 0 radical (unpaired) electrons. The van der Waals surface area contributed by atoms with Crippen molar-refractivity contribution in [1.29, 1.82) is 0 Å². The first-order chi connectivity index (χ1) is 14.7. The number of rotatable bonds is 11. The number of nitrogens with zero attached hydrogens (tertiary/aromatic N) is 3. The Hall–Kier alpha value is -2.67. The molecule has 0 unspecified atom stereocenters. The van der Waals surface area contributed by atoms with Crippen LogP contribution < -0.4 is 14.8 Å². The molecule has 1 aromatic carbocycles. The summed E-state index contributed by atoms with van der Waals surface area (Å²) < 4.78 is 11.5. The second-order valence-corrected chi connectivity index (χ2v) is 7.55. The van der Waals surface area contributed by atoms with Crippen molar-refractivity contribution in [1.82, 2.24) is 20.2 Å². The quantitative estimate of drug-likeness (QED) is 0.572. The standard InChI is InChI=1S/C23H32N4O3/c1-24-23(28)9-7-19-10-11-25-22(26-19)17-18-6-8-20(29-2)21(16-18)30-15-5-14-27-12-3-4-13-27/h6,8,10-11,16H,3-5,7,9,12-15,17H2,1-2H3,(H,24,28). The number of carbonyl (C=O) groups is 1. The molecule has 7 nitrogen and oxygen atoms in total. The van der Waals surface area contributed by atoms with E-state index in [1.807, 2.05) is 24.3 Å². The molecule has 0 aliphatic carbocycles. The maximum Gasteiger partial charge on any atom is 0.220 e. The first kappa shape index (κ1) is 22.0. The molecule has 0 bridgehead atoms. The molecule has 2 heterocycles. The Bertz CT molecular complexity index is 822. The lowest BCUT2D eigenvalue weighted by Crippen LogP contribution is -2.21. The van der Waals surface area contributed by atoms with Gasteiger partial charge in [-0.15, -0.1) is 0 Å². The SMILES string of the molecule is CNC(=O)CCc1ccnc(Cc2ccc(OC)c(OCCCN3CCCC3)c2)n1. The molecule has 1 fully saturated rings. The van der Waals surface area contributed by atoms with Crippen LogP contribution in [-0.4, -0.2) is 61.2 Å². The van der Waals surface area contributed by atoms with E-state index in [1.165, 1.54) is 25.9 Å². The van der Waals surface area contributed by atoms with Crippen molar-refractivity contribution >= 4 is 5.91 Å². The van der Waals surface area contributed by atoms with Gasteiger partial charge >= 0.3 is 0 Å². The number of methoxy groups -OCH3 is 1. The topological polar surface area (TPSA) is 76.6 Å². The van der Waals surface area contributed by atoms with Crippen LogP contribution >= 0.6 is 0 Å². The number of likely N-dealkylation sites (tertiary alicyclic amines) is 1. The zero-order valence-electron chi connectivity index (χ0n) is 18.0. The smallest absolute Gasteiger partial charge is 0.220 e. The van der Waals surface area contributed by atoms with E-state index in [9.17, 15) is 4.79 Å². The molecule has 0 spiro atoms. The van der Waals surface area contributed by atoms with E-state index in [0.717, 1.165) is 41.5 Å². The molecule has 1 amide bonds. The lowest BCUT2D eigenvalue weighted by atomic mass is 10.1. The highest BCUT2D eigenvalue weighted by atomic mass is 16.5. The van der Waals surface area contributed by atoms with Gasteiger partial charge in [0.25, 0.3) is 0 Å². The first-order valence-corrected chi connectivity index (χ1v) is 10.7. The number of aryl methyl sites for hydroxylation is 1. The van der Waals surface area contributed by atoms with Crippen LogP contribution in [0.15, 0.2) is 30.5 Å². The third-order valence-electron chi connectivity index (χ3n) is 5.32. The summed E-state index contributed by atoms with van der Waals surface area (Å²) in [6.45, 7) is 4.17. The van der Waals surface area contributed by atoms with E-state index < -0.39 is 0 Å². The van der Waals surface area contributed by atoms with Crippen LogP contribution in [0.1, 0.15) is 42.8 Å². The lowest BCUT2D eigenvalue weighted by Gasteiger charge is -2.16. The molecule has 2 aromatic rings. The van der Waals surface area contributed by atoms with Crippen molar-refractivity contribution < 1.29 is 14.3 Å². The summed E-state index contributed by atoms with van der Waals surface area (Å²) in [4.78, 5) is 22.9. The Morgan fingerprint density at radius 3 is 2.80 bits per heavy atom. The Morgan fingerprint density at radius 2 is 2.03 bits per heavy atom. The molecule has 1 saturated heterocycles. The van der Waals surface area contributed by atoms with E-state index in [-0.39, 0.29) is 5.91 Å². The van der Waals surface area contributed by atoms with Crippen molar-refractivity contribution in [3.63, 3.8) is 0 Å². The Morgan fingerprint density at radius 1 is 1.20 bits per heavy atom. The number of nitrogens with one attached hydrogen (secondary N) is 1. The fraction of sp³-hybridized carbons (Fsp3) is 0.522. The molecule has 1 aromatic heterocycles. The minimum absolute atomic E-state index is 0.0110. The predicted octanol–water partition coefficient (Wildman–Crippen LogP) is 2.62. The van der Waals surface area contributed by atoms with Crippen molar-refractivity contribution in [3.05, 3.63) is 47.5 Å². The van der Waals surface area contributed by atoms with Gasteiger partial charge in [-0.2, -0.15) is 0 Å². The van der Waals surface area contributed by atoms with Crippen molar-refractivity contribution in [2.24, 2.45) is 0 Å². The third kappa shape index (κ3) is 6.69. The number of hydrogen-bond acceptors (Lipinski definition) is 6. The molecule has 0 atom stereocenters. The molecule has 162 valence electrons. The highest BCUT2D eigenvalue weighted by Gasteiger charge is 2.12. The van der Waals surface area contributed by atoms with Gasteiger partial charge in [0.1, 0.15) is 5.82 Å². The average Bonchev–Trinajstić information content (AvgIpc) is 3.29. The third-order valence-corrected chi connectivity index (χ3v) is 5.32. The van der Waals surface area contributed by atoms with Gasteiger partial charge in [-0.05, 0) is 62.5 Å². The Labute approximate surface area is 178 Å². The summed E-state index contributed by atoms with van der Waals surface area (Å²) in [5, 5.41) is 2.63. The van der Waals surface area contributed by atoms with Gasteiger partial charge in [0.2, 0.25) is 5.91 Å². The Balaban J connectivity index is 1.57. The summed E-state index contributed by atoms with van der Waals surface area (Å²) in [7, 11) is 3.30. The van der Waals surface area contributed by atoms with Gasteiger partial charge in [-0.1, -0.05) is 6.07 Å². The van der Waals surface area contributed by atoms with Crippen molar-refractivity contribution in [2.45, 2.75) is 38.5 Å². The van der Waals surface area contributed by atoms with E-state index in [4.69, 9.17) is 9.47 Å². The molecular weight excluding hydrogens is 380 g/mol. The molecule has 0 saturated carbocycles. The van der Waals surface area contributed by atoms with Gasteiger partial charge in [-0.25, -0.2) is 9.97 Å². The van der Waals surface area contributed by atoms with Crippen LogP contribution in [-0.2, 0) is 17.6 Å². The number of hydrogen-bond donors (Lipinski definition) is 1. The second kappa shape index (κ2) is 11.5. The summed E-state index contributed by atoms with van der Waals surface area (Å²) in [6, 6.07) is 7.81. The number of amides is 1. The minimum atomic E-state index is 0.0110.